The van der Waals surface area contributed by atoms with Crippen molar-refractivity contribution in [3.63, 3.8) is 0 Å². The highest BCUT2D eigenvalue weighted by molar-refractivity contribution is 5.40. The second-order valence-corrected chi connectivity index (χ2v) is 5.86. The quantitative estimate of drug-likeness (QED) is 0.767. The fourth-order valence-electron chi connectivity index (χ4n) is 2.81. The number of benzene rings is 1. The largest absolute Gasteiger partial charge is 0.508 e. The zero-order chi connectivity index (χ0) is 13.2. The second-order valence-electron chi connectivity index (χ2n) is 5.86. The van der Waals surface area contributed by atoms with E-state index >= 15 is 0 Å². The van der Waals surface area contributed by atoms with Crippen molar-refractivity contribution in [1.29, 1.82) is 0 Å². The Morgan fingerprint density at radius 3 is 2.56 bits per heavy atom. The fourth-order valence-corrected chi connectivity index (χ4v) is 2.81. The van der Waals surface area contributed by atoms with Crippen LogP contribution in [-0.2, 0) is 0 Å². The summed E-state index contributed by atoms with van der Waals surface area (Å²) in [5.41, 5.74) is 1.25. The normalized spacial score (nSPS) is 19.9. The van der Waals surface area contributed by atoms with Crippen molar-refractivity contribution in [2.24, 2.45) is 5.41 Å². The molecule has 1 aliphatic carbocycles. The van der Waals surface area contributed by atoms with Crippen molar-refractivity contribution in [2.45, 2.75) is 45.6 Å². The summed E-state index contributed by atoms with van der Waals surface area (Å²) in [5, 5.41) is 22.6. The third kappa shape index (κ3) is 2.96. The van der Waals surface area contributed by atoms with Crippen molar-refractivity contribution >= 4 is 0 Å². The molecule has 1 saturated carbocycles. The van der Waals surface area contributed by atoms with Crippen molar-refractivity contribution in [3.8, 4) is 11.5 Å². The van der Waals surface area contributed by atoms with Crippen LogP contribution in [0.2, 0.25) is 0 Å². The molecule has 3 nitrogen and oxygen atoms in total. The Hall–Kier alpha value is -1.22. The molecule has 3 heteroatoms. The molecular formula is C15H23NO2. The summed E-state index contributed by atoms with van der Waals surface area (Å²) in [4.78, 5) is 0. The van der Waals surface area contributed by atoms with E-state index in [2.05, 4.69) is 12.2 Å². The molecule has 0 aromatic heterocycles. The highest BCUT2D eigenvalue weighted by atomic mass is 16.3. The number of rotatable bonds is 4. The highest BCUT2D eigenvalue weighted by Crippen LogP contribution is 2.37. The lowest BCUT2D eigenvalue weighted by atomic mass is 9.88. The molecule has 2 rings (SSSR count). The van der Waals surface area contributed by atoms with Crippen LogP contribution in [0.25, 0.3) is 0 Å². The van der Waals surface area contributed by atoms with Crippen LogP contribution < -0.4 is 5.32 Å². The molecule has 1 fully saturated rings. The predicted octanol–water partition coefficient (Wildman–Crippen LogP) is 3.33. The summed E-state index contributed by atoms with van der Waals surface area (Å²) >= 11 is 0. The third-order valence-electron chi connectivity index (χ3n) is 4.13. The van der Waals surface area contributed by atoms with Gasteiger partial charge in [0.1, 0.15) is 11.5 Å². The molecule has 0 saturated heterocycles. The molecule has 1 unspecified atom stereocenters. The van der Waals surface area contributed by atoms with Gasteiger partial charge in [0.2, 0.25) is 0 Å². The Kier molecular flexibility index (Phi) is 3.81. The Morgan fingerprint density at radius 1 is 1.28 bits per heavy atom. The molecule has 0 amide bonds. The standard InChI is InChI=1S/C15H23NO2/c1-11(13-6-5-12(17)9-14(13)18)16-10-15(2)7-3-4-8-15/h5-6,9,11,16-18H,3-4,7-8,10H2,1-2H3. The summed E-state index contributed by atoms with van der Waals surface area (Å²) in [6.45, 7) is 5.36. The van der Waals surface area contributed by atoms with Crippen LogP contribution in [0.1, 0.15) is 51.1 Å². The Morgan fingerprint density at radius 2 is 1.94 bits per heavy atom. The second kappa shape index (κ2) is 5.19. The number of nitrogens with one attached hydrogen (secondary N) is 1. The topological polar surface area (TPSA) is 52.5 Å². The van der Waals surface area contributed by atoms with Gasteiger partial charge in [-0.3, -0.25) is 0 Å². The first kappa shape index (κ1) is 13.2. The number of phenolic OH excluding ortho intramolecular Hbond substituents is 2. The molecule has 0 radical (unpaired) electrons. The maximum Gasteiger partial charge on any atom is 0.124 e. The lowest BCUT2D eigenvalue weighted by Crippen LogP contribution is -2.31. The molecule has 3 N–H and O–H groups in total. The van der Waals surface area contributed by atoms with Crippen LogP contribution >= 0.6 is 0 Å². The van der Waals surface area contributed by atoms with E-state index in [1.807, 2.05) is 6.92 Å². The van der Waals surface area contributed by atoms with Crippen LogP contribution in [0, 0.1) is 5.41 Å². The smallest absolute Gasteiger partial charge is 0.124 e. The van der Waals surface area contributed by atoms with Gasteiger partial charge in [-0.15, -0.1) is 0 Å². The van der Waals surface area contributed by atoms with E-state index in [0.717, 1.165) is 12.1 Å². The van der Waals surface area contributed by atoms with Crippen LogP contribution in [0.15, 0.2) is 18.2 Å². The van der Waals surface area contributed by atoms with Gasteiger partial charge >= 0.3 is 0 Å². The van der Waals surface area contributed by atoms with E-state index in [4.69, 9.17) is 0 Å². The molecule has 1 aromatic carbocycles. The summed E-state index contributed by atoms with van der Waals surface area (Å²) in [6.07, 6.45) is 5.23. The molecule has 0 spiro atoms. The summed E-state index contributed by atoms with van der Waals surface area (Å²) in [5.74, 6) is 0.262. The number of hydrogen-bond donors (Lipinski definition) is 3. The molecule has 18 heavy (non-hydrogen) atoms. The summed E-state index contributed by atoms with van der Waals surface area (Å²) in [7, 11) is 0. The highest BCUT2D eigenvalue weighted by Gasteiger charge is 2.28. The van der Waals surface area contributed by atoms with Gasteiger partial charge in [-0.1, -0.05) is 25.8 Å². The van der Waals surface area contributed by atoms with Crippen LogP contribution in [0.5, 0.6) is 11.5 Å². The number of aromatic hydroxyl groups is 2. The maximum atomic E-state index is 9.82. The fraction of sp³-hybridized carbons (Fsp3) is 0.600. The molecule has 1 atom stereocenters. The van der Waals surface area contributed by atoms with Crippen molar-refractivity contribution < 1.29 is 10.2 Å². The molecule has 0 heterocycles. The molecule has 1 aliphatic rings. The van der Waals surface area contributed by atoms with Gasteiger partial charge in [0, 0.05) is 24.2 Å². The van der Waals surface area contributed by atoms with Crippen molar-refractivity contribution in [2.75, 3.05) is 6.54 Å². The molecule has 100 valence electrons. The van der Waals surface area contributed by atoms with E-state index in [1.54, 1.807) is 12.1 Å². The first-order valence-electron chi connectivity index (χ1n) is 6.75. The van der Waals surface area contributed by atoms with Crippen LogP contribution in [0.3, 0.4) is 0 Å². The third-order valence-corrected chi connectivity index (χ3v) is 4.13. The van der Waals surface area contributed by atoms with E-state index in [9.17, 15) is 10.2 Å². The molecule has 0 bridgehead atoms. The average Bonchev–Trinajstić information content (AvgIpc) is 2.74. The number of hydrogen-bond acceptors (Lipinski definition) is 3. The zero-order valence-electron chi connectivity index (χ0n) is 11.2. The first-order valence-corrected chi connectivity index (χ1v) is 6.75. The Balaban J connectivity index is 1.97. The first-order chi connectivity index (χ1) is 8.50. The van der Waals surface area contributed by atoms with Gasteiger partial charge in [0.25, 0.3) is 0 Å². The van der Waals surface area contributed by atoms with Gasteiger partial charge < -0.3 is 15.5 Å². The van der Waals surface area contributed by atoms with Gasteiger partial charge in [0.05, 0.1) is 0 Å². The van der Waals surface area contributed by atoms with E-state index in [-0.39, 0.29) is 17.5 Å². The monoisotopic (exact) mass is 249 g/mol. The minimum absolute atomic E-state index is 0.100. The number of phenols is 2. The van der Waals surface area contributed by atoms with E-state index in [0.29, 0.717) is 5.41 Å². The summed E-state index contributed by atoms with van der Waals surface area (Å²) in [6, 6.07) is 4.89. The lowest BCUT2D eigenvalue weighted by molar-refractivity contribution is 0.300. The minimum Gasteiger partial charge on any atom is -0.508 e. The van der Waals surface area contributed by atoms with Crippen molar-refractivity contribution in [1.82, 2.24) is 5.32 Å². The Labute approximate surface area is 109 Å². The van der Waals surface area contributed by atoms with Gasteiger partial charge in [-0.25, -0.2) is 0 Å². The van der Waals surface area contributed by atoms with Gasteiger partial charge in [-0.05, 0) is 31.2 Å². The lowest BCUT2D eigenvalue weighted by Gasteiger charge is -2.26. The summed E-state index contributed by atoms with van der Waals surface area (Å²) < 4.78 is 0. The van der Waals surface area contributed by atoms with Crippen LogP contribution in [-0.4, -0.2) is 16.8 Å². The zero-order valence-corrected chi connectivity index (χ0v) is 11.2. The molecule has 1 aromatic rings. The minimum atomic E-state index is 0.100. The van der Waals surface area contributed by atoms with E-state index in [1.165, 1.54) is 31.7 Å². The molecular weight excluding hydrogens is 226 g/mol. The maximum absolute atomic E-state index is 9.82. The molecule has 0 aliphatic heterocycles. The van der Waals surface area contributed by atoms with E-state index < -0.39 is 0 Å². The Bertz CT molecular complexity index is 411. The van der Waals surface area contributed by atoms with Gasteiger partial charge in [0.15, 0.2) is 0 Å². The SMILES string of the molecule is CC(NCC1(C)CCCC1)c1ccc(O)cc1O. The predicted molar refractivity (Wildman–Crippen MR) is 72.8 cm³/mol. The van der Waals surface area contributed by atoms with Crippen molar-refractivity contribution in [3.05, 3.63) is 23.8 Å². The van der Waals surface area contributed by atoms with Crippen LogP contribution in [0.4, 0.5) is 0 Å². The average molecular weight is 249 g/mol. The van der Waals surface area contributed by atoms with Gasteiger partial charge in [-0.2, -0.15) is 0 Å².